The molecule has 1 unspecified atom stereocenters. The molecule has 1 aliphatic rings. The number of amides is 2. The van der Waals surface area contributed by atoms with Crippen LogP contribution in [0, 0.1) is 17.1 Å². The Morgan fingerprint density at radius 2 is 2.42 bits per heavy atom. The molecule has 0 spiro atoms. The first-order chi connectivity index (χ1) is 9.15. The number of hydrogen-bond donors (Lipinski definition) is 1. The molecule has 0 aromatic heterocycles. The zero-order valence-corrected chi connectivity index (χ0v) is 10.5. The number of benzene rings is 1. The number of nitrogens with zero attached hydrogens (tertiary/aromatic N) is 2. The van der Waals surface area contributed by atoms with Gasteiger partial charge in [-0.15, -0.1) is 0 Å². The highest BCUT2D eigenvalue weighted by Gasteiger charge is 2.29. The van der Waals surface area contributed by atoms with Crippen molar-refractivity contribution in [3.63, 3.8) is 0 Å². The van der Waals surface area contributed by atoms with E-state index < -0.39 is 5.82 Å². The first-order valence-corrected chi connectivity index (χ1v) is 5.91. The second-order valence-corrected chi connectivity index (χ2v) is 4.25. The number of rotatable bonds is 4. The van der Waals surface area contributed by atoms with Gasteiger partial charge in [0.2, 0.25) is 0 Å². The van der Waals surface area contributed by atoms with Crippen LogP contribution in [0.2, 0.25) is 0 Å². The molecule has 1 saturated heterocycles. The fourth-order valence-corrected chi connectivity index (χ4v) is 2.06. The van der Waals surface area contributed by atoms with Crippen molar-refractivity contribution in [2.24, 2.45) is 0 Å². The molecule has 100 valence electrons. The predicted molar refractivity (Wildman–Crippen MR) is 66.0 cm³/mol. The Kier molecular flexibility index (Phi) is 3.85. The van der Waals surface area contributed by atoms with E-state index in [9.17, 15) is 9.18 Å². The molecule has 2 rings (SSSR count). The Labute approximate surface area is 110 Å². The maximum atomic E-state index is 13.6. The van der Waals surface area contributed by atoms with Gasteiger partial charge in [-0.2, -0.15) is 5.26 Å². The normalized spacial score (nSPS) is 18.1. The van der Waals surface area contributed by atoms with Crippen molar-refractivity contribution in [1.29, 1.82) is 5.26 Å². The Balaban J connectivity index is 2.10. The molecule has 1 aromatic rings. The largest absolute Gasteiger partial charge is 0.494 e. The van der Waals surface area contributed by atoms with Crippen molar-refractivity contribution in [1.82, 2.24) is 10.2 Å². The lowest BCUT2D eigenvalue weighted by molar-refractivity contribution is 0.218. The predicted octanol–water partition coefficient (Wildman–Crippen LogP) is 1.81. The van der Waals surface area contributed by atoms with E-state index in [1.807, 2.05) is 6.07 Å². The molecule has 0 saturated carbocycles. The number of methoxy groups -OCH3 is 1. The monoisotopic (exact) mass is 263 g/mol. The van der Waals surface area contributed by atoms with E-state index in [1.54, 1.807) is 11.0 Å². The Morgan fingerprint density at radius 3 is 3.05 bits per heavy atom. The van der Waals surface area contributed by atoms with Gasteiger partial charge in [0.25, 0.3) is 0 Å². The number of carbonyl (C=O) groups is 1. The van der Waals surface area contributed by atoms with Gasteiger partial charge in [-0.1, -0.05) is 6.07 Å². The molecular weight excluding hydrogens is 249 g/mol. The molecule has 1 atom stereocenters. The number of halogens is 1. The highest BCUT2D eigenvalue weighted by molar-refractivity contribution is 5.77. The molecule has 1 aliphatic heterocycles. The Morgan fingerprint density at radius 1 is 1.63 bits per heavy atom. The molecule has 1 N–H and O–H groups in total. The summed E-state index contributed by atoms with van der Waals surface area (Å²) in [6.07, 6.45) is 0.289. The lowest BCUT2D eigenvalue weighted by Crippen LogP contribution is -2.28. The third-order valence-corrected chi connectivity index (χ3v) is 3.06. The van der Waals surface area contributed by atoms with Crippen LogP contribution in [0.5, 0.6) is 5.75 Å². The van der Waals surface area contributed by atoms with Gasteiger partial charge >= 0.3 is 6.03 Å². The van der Waals surface area contributed by atoms with Crippen molar-refractivity contribution in [3.8, 4) is 11.8 Å². The SMILES string of the molecule is COc1ccc(C2CN(CCC#N)C(=O)N2)cc1F. The number of nitrogens with one attached hydrogen (secondary N) is 1. The fraction of sp³-hybridized carbons (Fsp3) is 0.385. The summed E-state index contributed by atoms with van der Waals surface area (Å²) < 4.78 is 18.5. The average Bonchev–Trinajstić information content (AvgIpc) is 2.77. The number of hydrogen-bond acceptors (Lipinski definition) is 3. The lowest BCUT2D eigenvalue weighted by atomic mass is 10.1. The topological polar surface area (TPSA) is 65.4 Å². The van der Waals surface area contributed by atoms with E-state index >= 15 is 0 Å². The molecule has 1 heterocycles. The molecule has 1 fully saturated rings. The summed E-state index contributed by atoms with van der Waals surface area (Å²) in [5, 5.41) is 11.3. The van der Waals surface area contributed by atoms with Crippen LogP contribution >= 0.6 is 0 Å². The highest BCUT2D eigenvalue weighted by atomic mass is 19.1. The third-order valence-electron chi connectivity index (χ3n) is 3.06. The van der Waals surface area contributed by atoms with Crippen molar-refractivity contribution in [2.75, 3.05) is 20.2 Å². The van der Waals surface area contributed by atoms with Crippen LogP contribution in [-0.4, -0.2) is 31.1 Å². The Hall–Kier alpha value is -2.29. The van der Waals surface area contributed by atoms with E-state index in [0.717, 1.165) is 0 Å². The quantitative estimate of drug-likeness (QED) is 0.901. The molecule has 5 nitrogen and oxygen atoms in total. The van der Waals surface area contributed by atoms with Crippen LogP contribution in [0.4, 0.5) is 9.18 Å². The van der Waals surface area contributed by atoms with Crippen LogP contribution in [0.15, 0.2) is 18.2 Å². The van der Waals surface area contributed by atoms with Crippen molar-refractivity contribution in [3.05, 3.63) is 29.6 Å². The summed E-state index contributed by atoms with van der Waals surface area (Å²) in [5.41, 5.74) is 0.686. The van der Waals surface area contributed by atoms with Crippen LogP contribution in [0.25, 0.3) is 0 Å². The maximum Gasteiger partial charge on any atom is 0.318 e. The molecule has 19 heavy (non-hydrogen) atoms. The van der Waals surface area contributed by atoms with Crippen LogP contribution in [0.1, 0.15) is 18.0 Å². The van der Waals surface area contributed by atoms with E-state index in [4.69, 9.17) is 10.00 Å². The second kappa shape index (κ2) is 5.57. The van der Waals surface area contributed by atoms with Gasteiger partial charge in [0.15, 0.2) is 11.6 Å². The molecule has 0 aliphatic carbocycles. The molecule has 2 amide bonds. The fourth-order valence-electron chi connectivity index (χ4n) is 2.06. The summed E-state index contributed by atoms with van der Waals surface area (Å²) >= 11 is 0. The molecule has 1 aromatic carbocycles. The van der Waals surface area contributed by atoms with Gasteiger partial charge < -0.3 is 15.0 Å². The number of ether oxygens (including phenoxy) is 1. The molecule has 6 heteroatoms. The van der Waals surface area contributed by atoms with Crippen LogP contribution in [0.3, 0.4) is 0 Å². The molecule has 0 radical (unpaired) electrons. The summed E-state index contributed by atoms with van der Waals surface area (Å²) in [6, 6.07) is 6.13. The number of nitriles is 1. The van der Waals surface area contributed by atoms with Gasteiger partial charge in [0.1, 0.15) is 0 Å². The Bertz CT molecular complexity index is 527. The summed E-state index contributed by atoms with van der Waals surface area (Å²) in [7, 11) is 1.40. The third kappa shape index (κ3) is 2.76. The smallest absolute Gasteiger partial charge is 0.318 e. The average molecular weight is 263 g/mol. The van der Waals surface area contributed by atoms with Gasteiger partial charge in [-0.05, 0) is 17.7 Å². The van der Waals surface area contributed by atoms with E-state index in [-0.39, 0.29) is 24.2 Å². The zero-order valence-electron chi connectivity index (χ0n) is 10.5. The maximum absolute atomic E-state index is 13.6. The van der Waals surface area contributed by atoms with Crippen LogP contribution < -0.4 is 10.1 Å². The number of carbonyl (C=O) groups excluding carboxylic acids is 1. The first kappa shape index (κ1) is 13.1. The van der Waals surface area contributed by atoms with Gasteiger partial charge in [0.05, 0.1) is 25.6 Å². The highest BCUT2D eigenvalue weighted by Crippen LogP contribution is 2.25. The first-order valence-electron chi connectivity index (χ1n) is 5.91. The minimum absolute atomic E-state index is 0.175. The van der Waals surface area contributed by atoms with Crippen molar-refractivity contribution < 1.29 is 13.9 Å². The minimum Gasteiger partial charge on any atom is -0.494 e. The van der Waals surface area contributed by atoms with Crippen LogP contribution in [-0.2, 0) is 0 Å². The zero-order chi connectivity index (χ0) is 13.8. The molecule has 0 bridgehead atoms. The standard InChI is InChI=1S/C13H14FN3O2/c1-19-12-4-3-9(7-10(12)14)11-8-17(6-2-5-15)13(18)16-11/h3-4,7,11H,2,6,8H2,1H3,(H,16,18). The van der Waals surface area contributed by atoms with Crippen molar-refractivity contribution in [2.45, 2.75) is 12.5 Å². The summed E-state index contributed by atoms with van der Waals surface area (Å²) in [5.74, 6) is -0.279. The van der Waals surface area contributed by atoms with E-state index in [1.165, 1.54) is 19.2 Å². The second-order valence-electron chi connectivity index (χ2n) is 4.25. The summed E-state index contributed by atoms with van der Waals surface area (Å²) in [6.45, 7) is 0.823. The van der Waals surface area contributed by atoms with Gasteiger partial charge in [-0.25, -0.2) is 9.18 Å². The van der Waals surface area contributed by atoms with E-state index in [2.05, 4.69) is 5.32 Å². The number of urea groups is 1. The van der Waals surface area contributed by atoms with Gasteiger partial charge in [0, 0.05) is 13.1 Å². The van der Waals surface area contributed by atoms with Crippen molar-refractivity contribution >= 4 is 6.03 Å². The molecular formula is C13H14FN3O2. The van der Waals surface area contributed by atoms with E-state index in [0.29, 0.717) is 18.7 Å². The minimum atomic E-state index is -0.454. The summed E-state index contributed by atoms with van der Waals surface area (Å²) in [4.78, 5) is 13.2. The lowest BCUT2D eigenvalue weighted by Gasteiger charge is -2.13. The van der Waals surface area contributed by atoms with Gasteiger partial charge in [-0.3, -0.25) is 0 Å².